The summed E-state index contributed by atoms with van der Waals surface area (Å²) in [6, 6.07) is 5.89. The highest BCUT2D eigenvalue weighted by molar-refractivity contribution is 8.00. The van der Waals surface area contributed by atoms with Crippen LogP contribution in [0, 0.1) is 10.1 Å². The summed E-state index contributed by atoms with van der Waals surface area (Å²) in [6.07, 6.45) is -0.0507. The molecule has 27 heavy (non-hydrogen) atoms. The lowest BCUT2D eigenvalue weighted by atomic mass is 10.2. The molecule has 1 heterocycles. The van der Waals surface area contributed by atoms with E-state index in [0.717, 1.165) is 29.5 Å². The predicted molar refractivity (Wildman–Crippen MR) is 92.3 cm³/mol. The molecule has 1 aromatic carbocycles. The molecular formula is C17H15F3N2O4S. The van der Waals surface area contributed by atoms with Crippen molar-refractivity contribution >= 4 is 23.4 Å². The van der Waals surface area contributed by atoms with Gasteiger partial charge in [-0.3, -0.25) is 19.9 Å². The minimum Gasteiger partial charge on any atom is -0.465 e. The van der Waals surface area contributed by atoms with E-state index in [1.807, 2.05) is 6.07 Å². The highest BCUT2D eigenvalue weighted by Crippen LogP contribution is 2.36. The fourth-order valence-corrected chi connectivity index (χ4v) is 2.95. The first-order chi connectivity index (χ1) is 12.8. The van der Waals surface area contributed by atoms with Gasteiger partial charge in [-0.15, -0.1) is 11.8 Å². The minimum absolute atomic E-state index is 0.0275. The lowest BCUT2D eigenvalue weighted by Gasteiger charge is -2.09. The molecule has 2 rings (SSSR count). The minimum atomic E-state index is -4.68. The van der Waals surface area contributed by atoms with E-state index in [1.54, 1.807) is 18.5 Å². The molecule has 0 atom stereocenters. The first-order valence-corrected chi connectivity index (χ1v) is 8.79. The van der Waals surface area contributed by atoms with Crippen molar-refractivity contribution in [2.45, 2.75) is 23.9 Å². The molecule has 1 aromatic heterocycles. The summed E-state index contributed by atoms with van der Waals surface area (Å²) >= 11 is 0.764. The van der Waals surface area contributed by atoms with Crippen LogP contribution in [0.3, 0.4) is 0 Å². The summed E-state index contributed by atoms with van der Waals surface area (Å²) < 4.78 is 43.0. The van der Waals surface area contributed by atoms with Crippen molar-refractivity contribution < 1.29 is 27.6 Å². The number of rotatable bonds is 8. The molecule has 2 aromatic rings. The summed E-state index contributed by atoms with van der Waals surface area (Å²) in [5.74, 6) is -0.834. The van der Waals surface area contributed by atoms with Crippen LogP contribution in [0.5, 0.6) is 0 Å². The molecule has 0 amide bonds. The Morgan fingerprint density at radius 2 is 2.07 bits per heavy atom. The number of esters is 1. The third kappa shape index (κ3) is 6.55. The van der Waals surface area contributed by atoms with Gasteiger partial charge in [-0.2, -0.15) is 13.2 Å². The van der Waals surface area contributed by atoms with Crippen molar-refractivity contribution in [2.75, 3.05) is 12.4 Å². The molecule has 0 saturated carbocycles. The second kappa shape index (κ2) is 9.36. The average molecular weight is 400 g/mol. The number of carbonyl (C=O) groups is 1. The second-order valence-corrected chi connectivity index (χ2v) is 6.43. The Morgan fingerprint density at radius 3 is 2.70 bits per heavy atom. The van der Waals surface area contributed by atoms with E-state index in [0.29, 0.717) is 18.9 Å². The first kappa shape index (κ1) is 20.7. The number of thioether (sulfide) groups is 1. The summed E-state index contributed by atoms with van der Waals surface area (Å²) in [4.78, 5) is 25.8. The fourth-order valence-electron chi connectivity index (χ4n) is 2.15. The van der Waals surface area contributed by atoms with Gasteiger partial charge in [-0.1, -0.05) is 6.07 Å². The number of hydrogen-bond donors (Lipinski definition) is 0. The van der Waals surface area contributed by atoms with Gasteiger partial charge in [0.2, 0.25) is 0 Å². The molecule has 0 aliphatic rings. The van der Waals surface area contributed by atoms with Crippen LogP contribution in [0.1, 0.15) is 17.5 Å². The zero-order valence-corrected chi connectivity index (χ0v) is 14.8. The molecule has 0 unspecified atom stereocenters. The monoisotopic (exact) mass is 400 g/mol. The third-order valence-electron chi connectivity index (χ3n) is 3.42. The molecule has 10 heteroatoms. The molecule has 0 bridgehead atoms. The average Bonchev–Trinajstić information content (AvgIpc) is 2.63. The quantitative estimate of drug-likeness (QED) is 0.216. The maximum atomic E-state index is 12.7. The van der Waals surface area contributed by atoms with Gasteiger partial charge in [0, 0.05) is 18.5 Å². The summed E-state index contributed by atoms with van der Waals surface area (Å²) in [6.45, 7) is 0.170. The number of pyridine rings is 1. The highest BCUT2D eigenvalue weighted by atomic mass is 32.2. The topological polar surface area (TPSA) is 82.3 Å². The van der Waals surface area contributed by atoms with E-state index in [-0.39, 0.29) is 17.3 Å². The van der Waals surface area contributed by atoms with Gasteiger partial charge >= 0.3 is 12.1 Å². The number of nitro benzene ring substituents is 1. The number of halogens is 3. The van der Waals surface area contributed by atoms with Crippen LogP contribution in [0.25, 0.3) is 0 Å². The van der Waals surface area contributed by atoms with Crippen LogP contribution in [0.2, 0.25) is 0 Å². The Balaban J connectivity index is 1.84. The molecule has 0 aliphatic heterocycles. The van der Waals surface area contributed by atoms with Crippen LogP contribution in [-0.2, 0) is 22.1 Å². The van der Waals surface area contributed by atoms with E-state index < -0.39 is 28.3 Å². The Bertz CT molecular complexity index is 801. The Morgan fingerprint density at radius 1 is 1.30 bits per heavy atom. The molecular weight excluding hydrogens is 385 g/mol. The van der Waals surface area contributed by atoms with E-state index in [4.69, 9.17) is 4.74 Å². The number of aromatic nitrogens is 1. The van der Waals surface area contributed by atoms with Gasteiger partial charge < -0.3 is 4.74 Å². The maximum absolute atomic E-state index is 12.7. The number of nitro groups is 1. The van der Waals surface area contributed by atoms with Crippen molar-refractivity contribution in [3.8, 4) is 0 Å². The van der Waals surface area contributed by atoms with Crippen LogP contribution in [-0.4, -0.2) is 28.2 Å². The largest absolute Gasteiger partial charge is 0.465 e. The molecule has 6 nitrogen and oxygen atoms in total. The summed E-state index contributed by atoms with van der Waals surface area (Å²) in [5, 5.41) is 11.0. The fraction of sp³-hybridized carbons (Fsp3) is 0.294. The highest BCUT2D eigenvalue weighted by Gasteiger charge is 2.33. The van der Waals surface area contributed by atoms with Crippen molar-refractivity contribution in [3.05, 3.63) is 64.0 Å². The number of ether oxygens (including phenoxy) is 1. The molecule has 144 valence electrons. The molecule has 0 fully saturated rings. The molecule has 0 N–H and O–H groups in total. The molecule has 0 spiro atoms. The zero-order valence-electron chi connectivity index (χ0n) is 13.9. The maximum Gasteiger partial charge on any atom is 0.416 e. The van der Waals surface area contributed by atoms with E-state index in [9.17, 15) is 28.1 Å². The zero-order chi connectivity index (χ0) is 19.9. The lowest BCUT2D eigenvalue weighted by Crippen LogP contribution is -2.10. The van der Waals surface area contributed by atoms with Crippen molar-refractivity contribution in [3.63, 3.8) is 0 Å². The van der Waals surface area contributed by atoms with Crippen molar-refractivity contribution in [1.29, 1.82) is 0 Å². The molecule has 0 saturated heterocycles. The summed E-state index contributed by atoms with van der Waals surface area (Å²) in [7, 11) is 0. The van der Waals surface area contributed by atoms with E-state index in [2.05, 4.69) is 4.98 Å². The van der Waals surface area contributed by atoms with Gasteiger partial charge in [0.25, 0.3) is 5.69 Å². The van der Waals surface area contributed by atoms with Crippen molar-refractivity contribution in [1.82, 2.24) is 4.98 Å². The van der Waals surface area contributed by atoms with Crippen LogP contribution in [0.4, 0.5) is 18.9 Å². The van der Waals surface area contributed by atoms with Gasteiger partial charge in [0.1, 0.15) is 0 Å². The van der Waals surface area contributed by atoms with Crippen LogP contribution >= 0.6 is 11.8 Å². The SMILES string of the molecule is O=C(CSc1ccc(C(F)(F)F)cc1[N+](=O)[O-])OCCCc1cccnc1. The third-order valence-corrected chi connectivity index (χ3v) is 4.46. The number of carbonyl (C=O) groups excluding carboxylic acids is 1. The lowest BCUT2D eigenvalue weighted by molar-refractivity contribution is -0.388. The van der Waals surface area contributed by atoms with Gasteiger partial charge in [0.15, 0.2) is 0 Å². The summed E-state index contributed by atoms with van der Waals surface area (Å²) in [5.41, 5.74) is -0.806. The van der Waals surface area contributed by atoms with Crippen molar-refractivity contribution in [2.24, 2.45) is 0 Å². The normalized spacial score (nSPS) is 11.2. The smallest absolute Gasteiger partial charge is 0.416 e. The Labute approximate surface area is 156 Å². The molecule has 0 aliphatic carbocycles. The Kier molecular flexibility index (Phi) is 7.17. The first-order valence-electron chi connectivity index (χ1n) is 7.80. The van der Waals surface area contributed by atoms with E-state index >= 15 is 0 Å². The van der Waals surface area contributed by atoms with Crippen LogP contribution < -0.4 is 0 Å². The van der Waals surface area contributed by atoms with Gasteiger partial charge in [-0.25, -0.2) is 0 Å². The Hall–Kier alpha value is -2.62. The number of nitrogens with zero attached hydrogens (tertiary/aromatic N) is 2. The number of aryl methyl sites for hydroxylation is 1. The molecule has 0 radical (unpaired) electrons. The number of alkyl halides is 3. The van der Waals surface area contributed by atoms with Gasteiger partial charge in [0.05, 0.1) is 27.7 Å². The number of benzene rings is 1. The second-order valence-electron chi connectivity index (χ2n) is 5.41. The van der Waals surface area contributed by atoms with Gasteiger partial charge in [-0.05, 0) is 36.6 Å². The van der Waals surface area contributed by atoms with Crippen LogP contribution in [0.15, 0.2) is 47.6 Å². The predicted octanol–water partition coefficient (Wildman–Crippen LogP) is 4.28. The standard InChI is InChI=1S/C17H15F3N2O4S/c18-17(19,20)13-5-6-15(14(9-13)22(24)25)27-11-16(23)26-8-2-4-12-3-1-7-21-10-12/h1,3,5-7,9-10H,2,4,8,11H2. The van der Waals surface area contributed by atoms with E-state index in [1.165, 1.54) is 0 Å². The number of hydrogen-bond acceptors (Lipinski definition) is 6.